The maximum Gasteiger partial charge on any atom is 0.320 e. The Kier molecular flexibility index (Phi) is 4.41. The van der Waals surface area contributed by atoms with Gasteiger partial charge in [0.2, 0.25) is 5.91 Å². The van der Waals surface area contributed by atoms with E-state index in [0.29, 0.717) is 12.3 Å². The lowest BCUT2D eigenvalue weighted by molar-refractivity contribution is -0.119. The molecule has 2 fully saturated rings. The van der Waals surface area contributed by atoms with Crippen LogP contribution in [0, 0.1) is 5.92 Å². The lowest BCUT2D eigenvalue weighted by atomic mass is 9.93. The van der Waals surface area contributed by atoms with Gasteiger partial charge in [-0.25, -0.2) is 4.79 Å². The van der Waals surface area contributed by atoms with Crippen LogP contribution >= 0.6 is 0 Å². The number of urea groups is 1. The molecular weight excluding hydrogens is 232 g/mol. The van der Waals surface area contributed by atoms with Gasteiger partial charge in [0.05, 0.1) is 0 Å². The molecule has 2 aliphatic rings. The van der Waals surface area contributed by atoms with Gasteiger partial charge >= 0.3 is 6.03 Å². The Hall–Kier alpha value is -1.30. The number of rotatable bonds is 2. The van der Waals surface area contributed by atoms with Gasteiger partial charge in [-0.05, 0) is 18.8 Å². The van der Waals surface area contributed by atoms with E-state index in [4.69, 9.17) is 5.73 Å². The van der Waals surface area contributed by atoms with Gasteiger partial charge in [-0.3, -0.25) is 4.79 Å². The van der Waals surface area contributed by atoms with Crippen LogP contribution in [0.2, 0.25) is 0 Å². The molecule has 2 saturated heterocycles. The van der Waals surface area contributed by atoms with Crippen LogP contribution in [0.1, 0.15) is 19.3 Å². The molecule has 3 N–H and O–H groups in total. The van der Waals surface area contributed by atoms with Gasteiger partial charge in [-0.2, -0.15) is 0 Å². The summed E-state index contributed by atoms with van der Waals surface area (Å²) in [6.07, 6.45) is 2.23. The van der Waals surface area contributed by atoms with Crippen molar-refractivity contribution < 1.29 is 9.59 Å². The summed E-state index contributed by atoms with van der Waals surface area (Å²) in [6.45, 7) is 4.84. The Morgan fingerprint density at radius 2 is 1.61 bits per heavy atom. The van der Waals surface area contributed by atoms with Crippen molar-refractivity contribution in [2.24, 2.45) is 11.7 Å². The van der Waals surface area contributed by atoms with Crippen molar-refractivity contribution in [2.45, 2.75) is 19.3 Å². The minimum absolute atomic E-state index is 0.147. The smallest absolute Gasteiger partial charge is 0.320 e. The highest BCUT2D eigenvalue weighted by Crippen LogP contribution is 2.21. The fourth-order valence-electron chi connectivity index (χ4n) is 2.67. The number of primary amides is 1. The third-order valence-corrected chi connectivity index (χ3v) is 3.76. The minimum atomic E-state index is -0.234. The van der Waals surface area contributed by atoms with Crippen LogP contribution in [0.25, 0.3) is 0 Å². The number of nitrogens with one attached hydrogen (secondary N) is 1. The normalized spacial score (nSPS) is 22.0. The summed E-state index contributed by atoms with van der Waals surface area (Å²) < 4.78 is 0. The molecule has 0 radical (unpaired) electrons. The van der Waals surface area contributed by atoms with Crippen molar-refractivity contribution >= 4 is 11.9 Å². The quantitative estimate of drug-likeness (QED) is 0.703. The first-order valence-corrected chi connectivity index (χ1v) is 6.69. The monoisotopic (exact) mass is 254 g/mol. The van der Waals surface area contributed by atoms with Crippen molar-refractivity contribution in [3.63, 3.8) is 0 Å². The van der Waals surface area contributed by atoms with E-state index in [1.807, 2.05) is 9.80 Å². The van der Waals surface area contributed by atoms with Crippen LogP contribution in [0.5, 0.6) is 0 Å². The predicted octanol–water partition coefficient (Wildman–Crippen LogP) is -0.401. The molecule has 102 valence electrons. The lowest BCUT2D eigenvalue weighted by Crippen LogP contribution is -2.53. The van der Waals surface area contributed by atoms with E-state index < -0.39 is 0 Å². The highest BCUT2D eigenvalue weighted by atomic mass is 16.2. The van der Waals surface area contributed by atoms with Gasteiger partial charge in [-0.1, -0.05) is 0 Å². The summed E-state index contributed by atoms with van der Waals surface area (Å²) in [5, 5.41) is 3.24. The van der Waals surface area contributed by atoms with E-state index in [1.54, 1.807) is 0 Å². The van der Waals surface area contributed by atoms with Crippen LogP contribution < -0.4 is 11.1 Å². The van der Waals surface area contributed by atoms with E-state index in [1.165, 1.54) is 0 Å². The molecule has 6 nitrogen and oxygen atoms in total. The number of nitrogens with zero attached hydrogens (tertiary/aromatic N) is 2. The minimum Gasteiger partial charge on any atom is -0.370 e. The van der Waals surface area contributed by atoms with Crippen LogP contribution in [0.3, 0.4) is 0 Å². The molecule has 0 bridgehead atoms. The lowest BCUT2D eigenvalue weighted by Gasteiger charge is -2.37. The molecule has 0 atom stereocenters. The zero-order chi connectivity index (χ0) is 13.0. The summed E-state index contributed by atoms with van der Waals surface area (Å²) in [5.74, 6) is 0.122. The molecule has 0 aromatic rings. The van der Waals surface area contributed by atoms with Gasteiger partial charge in [0.25, 0.3) is 0 Å². The van der Waals surface area contributed by atoms with Crippen LogP contribution in [-0.2, 0) is 4.79 Å². The van der Waals surface area contributed by atoms with E-state index >= 15 is 0 Å². The predicted molar refractivity (Wildman–Crippen MR) is 67.9 cm³/mol. The molecule has 6 heteroatoms. The molecule has 18 heavy (non-hydrogen) atoms. The molecule has 2 aliphatic heterocycles. The molecule has 0 aromatic heterocycles. The Labute approximate surface area is 107 Å². The first-order valence-electron chi connectivity index (χ1n) is 6.69. The second-order valence-corrected chi connectivity index (χ2v) is 5.12. The van der Waals surface area contributed by atoms with Gasteiger partial charge in [0.15, 0.2) is 0 Å². The van der Waals surface area contributed by atoms with Crippen molar-refractivity contribution in [2.75, 3.05) is 39.3 Å². The Bertz CT molecular complexity index is 307. The number of carbonyl (C=O) groups excluding carboxylic acids is 2. The van der Waals surface area contributed by atoms with Gasteiger partial charge < -0.3 is 20.9 Å². The SMILES string of the molecule is NC(=O)CC1CCN(C(=O)N2CCNCC2)CC1. The zero-order valence-electron chi connectivity index (χ0n) is 10.7. The van der Waals surface area contributed by atoms with Crippen molar-refractivity contribution in [1.82, 2.24) is 15.1 Å². The topological polar surface area (TPSA) is 78.7 Å². The molecule has 0 unspecified atom stereocenters. The number of piperidine rings is 1. The second-order valence-electron chi connectivity index (χ2n) is 5.12. The number of amides is 3. The summed E-state index contributed by atoms with van der Waals surface area (Å²) in [5.41, 5.74) is 5.20. The zero-order valence-corrected chi connectivity index (χ0v) is 10.7. The number of nitrogens with two attached hydrogens (primary N) is 1. The first kappa shape index (κ1) is 13.1. The molecule has 2 heterocycles. The van der Waals surface area contributed by atoms with Crippen molar-refractivity contribution in [1.29, 1.82) is 0 Å². The van der Waals surface area contributed by atoms with Crippen LogP contribution in [0.15, 0.2) is 0 Å². The van der Waals surface area contributed by atoms with Gasteiger partial charge in [-0.15, -0.1) is 0 Å². The standard InChI is InChI=1S/C12H22N4O2/c13-11(17)9-10-1-5-15(6-2-10)12(18)16-7-3-14-4-8-16/h10,14H,1-9H2,(H2,13,17). The Morgan fingerprint density at radius 1 is 1.06 bits per heavy atom. The van der Waals surface area contributed by atoms with Gasteiger partial charge in [0.1, 0.15) is 0 Å². The molecule has 2 rings (SSSR count). The highest BCUT2D eigenvalue weighted by Gasteiger charge is 2.27. The number of likely N-dealkylation sites (tertiary alicyclic amines) is 1. The average molecular weight is 254 g/mol. The summed E-state index contributed by atoms with van der Waals surface area (Å²) in [6, 6.07) is 0.147. The summed E-state index contributed by atoms with van der Waals surface area (Å²) in [7, 11) is 0. The molecule has 0 aliphatic carbocycles. The Balaban J connectivity index is 1.78. The summed E-state index contributed by atoms with van der Waals surface area (Å²) in [4.78, 5) is 26.9. The largest absolute Gasteiger partial charge is 0.370 e. The number of carbonyl (C=O) groups is 2. The maximum atomic E-state index is 12.2. The molecule has 0 saturated carbocycles. The second kappa shape index (κ2) is 6.04. The third kappa shape index (κ3) is 3.35. The van der Waals surface area contributed by atoms with Crippen LogP contribution in [0.4, 0.5) is 4.79 Å². The number of hydrogen-bond donors (Lipinski definition) is 2. The number of piperazine rings is 1. The first-order chi connectivity index (χ1) is 8.66. The molecule has 0 aromatic carbocycles. The molecule has 3 amide bonds. The van der Waals surface area contributed by atoms with E-state index in [9.17, 15) is 9.59 Å². The van der Waals surface area contributed by atoms with Crippen molar-refractivity contribution in [3.8, 4) is 0 Å². The highest BCUT2D eigenvalue weighted by molar-refractivity contribution is 5.75. The fraction of sp³-hybridized carbons (Fsp3) is 0.833. The van der Waals surface area contributed by atoms with Crippen molar-refractivity contribution in [3.05, 3.63) is 0 Å². The van der Waals surface area contributed by atoms with E-state index in [2.05, 4.69) is 5.32 Å². The molecule has 0 spiro atoms. The van der Waals surface area contributed by atoms with Crippen LogP contribution in [-0.4, -0.2) is 61.0 Å². The van der Waals surface area contributed by atoms with Gasteiger partial charge in [0, 0.05) is 45.7 Å². The Morgan fingerprint density at radius 3 is 2.17 bits per heavy atom. The van der Waals surface area contributed by atoms with E-state index in [0.717, 1.165) is 52.1 Å². The maximum absolute atomic E-state index is 12.2. The average Bonchev–Trinajstić information content (AvgIpc) is 2.39. The molecular formula is C12H22N4O2. The number of hydrogen-bond acceptors (Lipinski definition) is 3. The summed E-state index contributed by atoms with van der Waals surface area (Å²) >= 11 is 0. The van der Waals surface area contributed by atoms with E-state index in [-0.39, 0.29) is 11.9 Å². The third-order valence-electron chi connectivity index (χ3n) is 3.76. The fourth-order valence-corrected chi connectivity index (χ4v) is 2.67.